The minimum atomic E-state index is 0.0951. The van der Waals surface area contributed by atoms with Crippen LogP contribution in [0.15, 0.2) is 18.2 Å². The van der Waals surface area contributed by atoms with Gasteiger partial charge in [0, 0.05) is 12.0 Å². The van der Waals surface area contributed by atoms with Crippen molar-refractivity contribution in [3.8, 4) is 5.75 Å². The first kappa shape index (κ1) is 13.4. The van der Waals surface area contributed by atoms with E-state index < -0.39 is 0 Å². The van der Waals surface area contributed by atoms with Crippen LogP contribution in [0, 0.1) is 5.41 Å². The highest BCUT2D eigenvalue weighted by molar-refractivity contribution is 5.45. The maximum Gasteiger partial charge on any atom is 0.169 e. The number of hydrogen-bond acceptors (Lipinski definition) is 2. The summed E-state index contributed by atoms with van der Waals surface area (Å²) in [6.45, 7) is 12.1. The van der Waals surface area contributed by atoms with E-state index in [1.807, 2.05) is 6.07 Å². The molecule has 1 aliphatic rings. The third kappa shape index (κ3) is 2.86. The van der Waals surface area contributed by atoms with Crippen LogP contribution in [0.25, 0.3) is 0 Å². The molecule has 1 aromatic carbocycles. The fourth-order valence-electron chi connectivity index (χ4n) is 3.29. The van der Waals surface area contributed by atoms with Crippen molar-refractivity contribution in [2.24, 2.45) is 5.41 Å². The van der Waals surface area contributed by atoms with Crippen LogP contribution in [-0.2, 0) is 16.7 Å². The Labute approximate surface area is 110 Å². The zero-order chi connectivity index (χ0) is 13.4. The molecule has 2 bridgehead atoms. The highest BCUT2D eigenvalue weighted by Gasteiger charge is 2.33. The molecule has 0 aromatic heterocycles. The number of benzene rings is 1. The highest BCUT2D eigenvalue weighted by atomic mass is 17.2. The van der Waals surface area contributed by atoms with Gasteiger partial charge in [0.25, 0.3) is 0 Å². The molecule has 2 heteroatoms. The van der Waals surface area contributed by atoms with Crippen molar-refractivity contribution in [2.45, 2.75) is 52.9 Å². The lowest BCUT2D eigenvalue weighted by Gasteiger charge is -2.34. The largest absolute Gasteiger partial charge is 0.337 e. The molecule has 0 unspecified atom stereocenters. The maximum absolute atomic E-state index is 5.44. The molecular weight excluding hydrogens is 224 g/mol. The molecule has 0 atom stereocenters. The summed E-state index contributed by atoms with van der Waals surface area (Å²) in [5.41, 5.74) is 3.07. The SMILES string of the molecule is CC(C)(C)CC(C)(C)c1c2cccc1OOCC2. The van der Waals surface area contributed by atoms with Crippen molar-refractivity contribution in [1.29, 1.82) is 0 Å². The van der Waals surface area contributed by atoms with Crippen LogP contribution in [-0.4, -0.2) is 6.61 Å². The van der Waals surface area contributed by atoms with Crippen molar-refractivity contribution in [3.63, 3.8) is 0 Å². The van der Waals surface area contributed by atoms with Crippen molar-refractivity contribution in [2.75, 3.05) is 6.61 Å². The second-order valence-electron chi connectivity index (χ2n) is 7.07. The van der Waals surface area contributed by atoms with Gasteiger partial charge in [0.2, 0.25) is 0 Å². The Morgan fingerprint density at radius 3 is 2.50 bits per heavy atom. The van der Waals surface area contributed by atoms with Gasteiger partial charge in [0.1, 0.15) is 0 Å². The van der Waals surface area contributed by atoms with Crippen LogP contribution >= 0.6 is 0 Å². The Morgan fingerprint density at radius 2 is 1.83 bits per heavy atom. The first-order valence-electron chi connectivity index (χ1n) is 6.71. The van der Waals surface area contributed by atoms with Gasteiger partial charge in [-0.1, -0.05) is 46.8 Å². The Morgan fingerprint density at radius 1 is 1.11 bits per heavy atom. The van der Waals surface area contributed by atoms with Crippen LogP contribution in [0.3, 0.4) is 0 Å². The highest BCUT2D eigenvalue weighted by Crippen LogP contribution is 2.43. The average Bonchev–Trinajstić information content (AvgIpc) is 2.32. The van der Waals surface area contributed by atoms with Gasteiger partial charge < -0.3 is 4.89 Å². The summed E-state index contributed by atoms with van der Waals surface area (Å²) >= 11 is 0. The molecule has 0 saturated heterocycles. The van der Waals surface area contributed by atoms with Gasteiger partial charge in [-0.25, -0.2) is 0 Å². The normalized spacial score (nSPS) is 16.1. The van der Waals surface area contributed by atoms with Crippen LogP contribution in [0.5, 0.6) is 5.75 Å². The van der Waals surface area contributed by atoms with Crippen LogP contribution in [0.2, 0.25) is 0 Å². The van der Waals surface area contributed by atoms with Gasteiger partial charge >= 0.3 is 0 Å². The lowest BCUT2D eigenvalue weighted by atomic mass is 9.70. The molecule has 1 aliphatic heterocycles. The van der Waals surface area contributed by atoms with Gasteiger partial charge in [-0.05, 0) is 28.9 Å². The molecule has 0 aliphatic carbocycles. The summed E-state index contributed by atoms with van der Waals surface area (Å²) in [5, 5.41) is 0. The minimum Gasteiger partial charge on any atom is -0.337 e. The number of fused-ring (bicyclic) bond motifs is 2. The van der Waals surface area contributed by atoms with Crippen molar-refractivity contribution < 1.29 is 9.78 Å². The smallest absolute Gasteiger partial charge is 0.169 e. The standard InChI is InChI=1S/C16H24O2/c1-15(2,3)11-16(4,5)14-12-7-6-8-13(14)18-17-10-9-12/h6-8H,9-11H2,1-5H3. The molecule has 0 radical (unpaired) electrons. The van der Waals surface area contributed by atoms with E-state index in [4.69, 9.17) is 9.78 Å². The van der Waals surface area contributed by atoms with Gasteiger partial charge in [0.15, 0.2) is 5.75 Å². The average molecular weight is 248 g/mol. The quantitative estimate of drug-likeness (QED) is 0.728. The second kappa shape index (κ2) is 4.58. The zero-order valence-electron chi connectivity index (χ0n) is 12.2. The molecular formula is C16H24O2. The van der Waals surface area contributed by atoms with E-state index in [-0.39, 0.29) is 5.41 Å². The first-order chi connectivity index (χ1) is 8.30. The van der Waals surface area contributed by atoms with Crippen molar-refractivity contribution in [1.82, 2.24) is 0 Å². The topological polar surface area (TPSA) is 18.5 Å². The number of hydrogen-bond donors (Lipinski definition) is 0. The minimum absolute atomic E-state index is 0.0951. The predicted octanol–water partition coefficient (Wildman–Crippen LogP) is 4.27. The molecule has 2 rings (SSSR count). The summed E-state index contributed by atoms with van der Waals surface area (Å²) < 4.78 is 0. The molecule has 0 amide bonds. The monoisotopic (exact) mass is 248 g/mol. The Bertz CT molecular complexity index is 403. The van der Waals surface area contributed by atoms with E-state index in [2.05, 4.69) is 46.8 Å². The van der Waals surface area contributed by atoms with E-state index in [9.17, 15) is 0 Å². The van der Waals surface area contributed by atoms with Gasteiger partial charge in [-0.15, -0.1) is 0 Å². The first-order valence-corrected chi connectivity index (χ1v) is 6.71. The van der Waals surface area contributed by atoms with E-state index in [1.54, 1.807) is 0 Å². The molecule has 0 fully saturated rings. The fourth-order valence-corrected chi connectivity index (χ4v) is 3.29. The van der Waals surface area contributed by atoms with E-state index in [0.29, 0.717) is 12.0 Å². The molecule has 0 saturated carbocycles. The van der Waals surface area contributed by atoms with Gasteiger partial charge in [0.05, 0.1) is 6.61 Å². The summed E-state index contributed by atoms with van der Waals surface area (Å²) in [6.07, 6.45) is 2.05. The van der Waals surface area contributed by atoms with E-state index in [0.717, 1.165) is 18.6 Å². The molecule has 2 nitrogen and oxygen atoms in total. The number of rotatable bonds is 2. The van der Waals surface area contributed by atoms with Crippen LogP contribution < -0.4 is 4.89 Å². The molecule has 0 spiro atoms. The lowest BCUT2D eigenvalue weighted by molar-refractivity contribution is -0.204. The maximum atomic E-state index is 5.44. The predicted molar refractivity (Wildman–Crippen MR) is 73.8 cm³/mol. The molecule has 1 aromatic rings. The summed E-state index contributed by atoms with van der Waals surface area (Å²) in [7, 11) is 0. The summed E-state index contributed by atoms with van der Waals surface area (Å²) in [4.78, 5) is 10.7. The Kier molecular flexibility index (Phi) is 3.41. The van der Waals surface area contributed by atoms with Crippen molar-refractivity contribution >= 4 is 0 Å². The van der Waals surface area contributed by atoms with Crippen LogP contribution in [0.1, 0.15) is 52.2 Å². The third-order valence-corrected chi connectivity index (χ3v) is 3.37. The van der Waals surface area contributed by atoms with Crippen LogP contribution in [0.4, 0.5) is 0 Å². The third-order valence-electron chi connectivity index (χ3n) is 3.37. The Hall–Kier alpha value is -1.02. The molecule has 0 N–H and O–H groups in total. The van der Waals surface area contributed by atoms with Gasteiger partial charge in [-0.3, -0.25) is 0 Å². The molecule has 100 valence electrons. The second-order valence-corrected chi connectivity index (χ2v) is 7.07. The van der Waals surface area contributed by atoms with E-state index in [1.165, 1.54) is 11.1 Å². The lowest BCUT2D eigenvalue weighted by Crippen LogP contribution is -2.26. The van der Waals surface area contributed by atoms with E-state index >= 15 is 0 Å². The Balaban J connectivity index is 2.44. The fraction of sp³-hybridized carbons (Fsp3) is 0.625. The van der Waals surface area contributed by atoms with Gasteiger partial charge in [-0.2, -0.15) is 4.89 Å². The molecule has 1 heterocycles. The zero-order valence-corrected chi connectivity index (χ0v) is 12.2. The summed E-state index contributed by atoms with van der Waals surface area (Å²) in [6, 6.07) is 6.26. The van der Waals surface area contributed by atoms with Crippen molar-refractivity contribution in [3.05, 3.63) is 29.3 Å². The molecule has 18 heavy (non-hydrogen) atoms. The summed E-state index contributed by atoms with van der Waals surface area (Å²) in [5.74, 6) is 0.888.